The van der Waals surface area contributed by atoms with Crippen LogP contribution in [0.1, 0.15) is 50.6 Å². The smallest absolute Gasteiger partial charge is 0.325 e. The van der Waals surface area contributed by atoms with Crippen molar-refractivity contribution in [1.82, 2.24) is 20.4 Å². The number of nitrogens with zero attached hydrogens (tertiary/aromatic N) is 2. The van der Waals surface area contributed by atoms with E-state index in [0.29, 0.717) is 25.3 Å². The zero-order valence-corrected chi connectivity index (χ0v) is 17.6. The van der Waals surface area contributed by atoms with Gasteiger partial charge in [0, 0.05) is 6.54 Å². The van der Waals surface area contributed by atoms with Gasteiger partial charge in [0.25, 0.3) is 5.91 Å². The van der Waals surface area contributed by atoms with Crippen molar-refractivity contribution in [3.63, 3.8) is 0 Å². The van der Waals surface area contributed by atoms with Crippen LogP contribution < -0.4 is 10.6 Å². The summed E-state index contributed by atoms with van der Waals surface area (Å²) in [5.74, 6) is 0.0404. The summed E-state index contributed by atoms with van der Waals surface area (Å²) >= 11 is 0. The topological polar surface area (TPSA) is 81.8 Å². The third-order valence-corrected chi connectivity index (χ3v) is 6.38. The molecule has 7 heteroatoms. The number of amides is 4. The van der Waals surface area contributed by atoms with Gasteiger partial charge in [-0.15, -0.1) is 0 Å². The largest absolute Gasteiger partial charge is 0.353 e. The summed E-state index contributed by atoms with van der Waals surface area (Å²) in [5.41, 5.74) is 0.290. The van der Waals surface area contributed by atoms with Gasteiger partial charge in [0.1, 0.15) is 12.1 Å². The Kier molecular flexibility index (Phi) is 6.57. The second kappa shape index (κ2) is 8.95. The van der Waals surface area contributed by atoms with Crippen LogP contribution in [0.5, 0.6) is 0 Å². The normalized spacial score (nSPS) is 25.4. The number of rotatable bonds is 7. The fraction of sp³-hybridized carbons (Fsp3) is 0.591. The molecule has 1 saturated heterocycles. The zero-order valence-electron chi connectivity index (χ0n) is 17.6. The van der Waals surface area contributed by atoms with Crippen LogP contribution in [0.4, 0.5) is 4.79 Å². The molecule has 29 heavy (non-hydrogen) atoms. The summed E-state index contributed by atoms with van der Waals surface area (Å²) < 4.78 is 0. The average molecular weight is 401 g/mol. The number of carbonyl (C=O) groups excluding carboxylic acids is 3. The predicted octanol–water partition coefficient (Wildman–Crippen LogP) is 2.30. The quantitative estimate of drug-likeness (QED) is 0.688. The lowest BCUT2D eigenvalue weighted by Gasteiger charge is -2.34. The van der Waals surface area contributed by atoms with E-state index < -0.39 is 11.6 Å². The number of hydrogen-bond donors (Lipinski definition) is 2. The first-order valence-corrected chi connectivity index (χ1v) is 10.5. The molecule has 1 aromatic rings. The molecule has 2 N–H and O–H groups in total. The van der Waals surface area contributed by atoms with Crippen LogP contribution in [-0.2, 0) is 9.59 Å². The van der Waals surface area contributed by atoms with Crippen molar-refractivity contribution >= 4 is 17.8 Å². The fourth-order valence-electron chi connectivity index (χ4n) is 4.42. The van der Waals surface area contributed by atoms with Gasteiger partial charge in [-0.3, -0.25) is 14.5 Å². The van der Waals surface area contributed by atoms with Gasteiger partial charge in [0.15, 0.2) is 0 Å². The molecule has 1 aliphatic heterocycles. The Morgan fingerprint density at radius 3 is 2.48 bits per heavy atom. The highest BCUT2D eigenvalue weighted by Crippen LogP contribution is 2.37. The minimum absolute atomic E-state index is 0.0129. The van der Waals surface area contributed by atoms with Crippen molar-refractivity contribution in [3.8, 4) is 0 Å². The molecule has 1 spiro atoms. The Balaban J connectivity index is 1.57. The summed E-state index contributed by atoms with van der Waals surface area (Å²) in [6.07, 6.45) is 4.28. The second-order valence-corrected chi connectivity index (χ2v) is 8.45. The van der Waals surface area contributed by atoms with Crippen molar-refractivity contribution < 1.29 is 14.4 Å². The van der Waals surface area contributed by atoms with Crippen molar-refractivity contribution in [2.24, 2.45) is 5.92 Å². The lowest BCUT2D eigenvalue weighted by Crippen LogP contribution is -2.50. The highest BCUT2D eigenvalue weighted by atomic mass is 16.2. The predicted molar refractivity (Wildman–Crippen MR) is 111 cm³/mol. The molecule has 1 heterocycles. The molecule has 0 radical (unpaired) electrons. The molecule has 2 fully saturated rings. The van der Waals surface area contributed by atoms with Crippen LogP contribution in [0.25, 0.3) is 0 Å². The van der Waals surface area contributed by atoms with Crippen molar-refractivity contribution in [3.05, 3.63) is 35.9 Å². The van der Waals surface area contributed by atoms with Crippen LogP contribution in [0.3, 0.4) is 0 Å². The summed E-state index contributed by atoms with van der Waals surface area (Å²) in [7, 11) is 3.91. The number of benzene rings is 1. The standard InChI is InChI=1S/C22H32N4O3/c1-4-16-10-12-22(13-11-16)20(28)26(21(29)24-22)15-19(27)23-14-18(25(2)3)17-8-6-5-7-9-17/h5-9,16,18H,4,10-15H2,1-3H3,(H,23,27)(H,24,29). The van der Waals surface area contributed by atoms with E-state index in [0.717, 1.165) is 29.7 Å². The Morgan fingerprint density at radius 1 is 1.24 bits per heavy atom. The van der Waals surface area contributed by atoms with E-state index in [4.69, 9.17) is 0 Å². The molecule has 0 aromatic heterocycles. The Hall–Kier alpha value is -2.41. The monoisotopic (exact) mass is 400 g/mol. The minimum atomic E-state index is -0.806. The van der Waals surface area contributed by atoms with E-state index >= 15 is 0 Å². The Bertz CT molecular complexity index is 742. The van der Waals surface area contributed by atoms with Gasteiger partial charge in [-0.25, -0.2) is 4.79 Å². The number of urea groups is 1. The minimum Gasteiger partial charge on any atom is -0.353 e. The lowest BCUT2D eigenvalue weighted by molar-refractivity contribution is -0.136. The number of carbonyl (C=O) groups is 3. The molecule has 158 valence electrons. The van der Waals surface area contributed by atoms with Crippen LogP contribution in [0.15, 0.2) is 30.3 Å². The summed E-state index contributed by atoms with van der Waals surface area (Å²) in [6.45, 7) is 2.33. The molecule has 3 rings (SSSR count). The Labute approximate surface area is 172 Å². The highest BCUT2D eigenvalue weighted by Gasteiger charge is 2.52. The van der Waals surface area contributed by atoms with Gasteiger partial charge in [-0.05, 0) is 51.3 Å². The van der Waals surface area contributed by atoms with E-state index in [2.05, 4.69) is 17.6 Å². The molecular formula is C22H32N4O3. The molecule has 1 aromatic carbocycles. The third-order valence-electron chi connectivity index (χ3n) is 6.38. The SMILES string of the molecule is CCC1CCC2(CC1)NC(=O)N(CC(=O)NCC(c1ccccc1)N(C)C)C2=O. The maximum absolute atomic E-state index is 12.9. The first-order valence-electron chi connectivity index (χ1n) is 10.5. The van der Waals surface area contributed by atoms with Crippen LogP contribution in [-0.4, -0.2) is 60.4 Å². The van der Waals surface area contributed by atoms with Gasteiger partial charge >= 0.3 is 6.03 Å². The molecule has 7 nitrogen and oxygen atoms in total. The van der Waals surface area contributed by atoms with Gasteiger partial charge in [-0.1, -0.05) is 43.7 Å². The maximum Gasteiger partial charge on any atom is 0.325 e. The van der Waals surface area contributed by atoms with Crippen molar-refractivity contribution in [2.45, 2.75) is 50.6 Å². The first-order chi connectivity index (χ1) is 13.9. The van der Waals surface area contributed by atoms with E-state index in [1.54, 1.807) is 0 Å². The molecule has 2 aliphatic rings. The van der Waals surface area contributed by atoms with E-state index in [1.165, 1.54) is 0 Å². The summed E-state index contributed by atoms with van der Waals surface area (Å²) in [6, 6.07) is 9.48. The van der Waals surface area contributed by atoms with Crippen LogP contribution >= 0.6 is 0 Å². The fourth-order valence-corrected chi connectivity index (χ4v) is 4.42. The van der Waals surface area contributed by atoms with Crippen molar-refractivity contribution in [1.29, 1.82) is 0 Å². The van der Waals surface area contributed by atoms with Crippen molar-refractivity contribution in [2.75, 3.05) is 27.2 Å². The van der Waals surface area contributed by atoms with Gasteiger partial charge in [0.05, 0.1) is 6.04 Å². The number of hydrogen-bond acceptors (Lipinski definition) is 4. The average Bonchev–Trinajstić information content (AvgIpc) is 2.93. The third kappa shape index (κ3) is 4.61. The van der Waals surface area contributed by atoms with Gasteiger partial charge in [0.2, 0.25) is 5.91 Å². The van der Waals surface area contributed by atoms with Crippen LogP contribution in [0, 0.1) is 5.92 Å². The number of imide groups is 1. The zero-order chi connectivity index (χ0) is 21.0. The summed E-state index contributed by atoms with van der Waals surface area (Å²) in [4.78, 5) is 41.0. The molecule has 1 saturated carbocycles. The molecule has 4 amide bonds. The number of nitrogens with one attached hydrogen (secondary N) is 2. The van der Waals surface area contributed by atoms with E-state index in [9.17, 15) is 14.4 Å². The Morgan fingerprint density at radius 2 is 1.90 bits per heavy atom. The number of likely N-dealkylation sites (N-methyl/N-ethyl adjacent to an activating group) is 1. The van der Waals surface area contributed by atoms with E-state index in [-0.39, 0.29) is 24.4 Å². The molecular weight excluding hydrogens is 368 g/mol. The van der Waals surface area contributed by atoms with Gasteiger partial charge in [-0.2, -0.15) is 0 Å². The molecule has 1 atom stereocenters. The second-order valence-electron chi connectivity index (χ2n) is 8.45. The molecule has 1 unspecified atom stereocenters. The highest BCUT2D eigenvalue weighted by molar-refractivity contribution is 6.09. The maximum atomic E-state index is 12.9. The summed E-state index contributed by atoms with van der Waals surface area (Å²) in [5, 5.41) is 5.76. The lowest BCUT2D eigenvalue weighted by atomic mass is 9.75. The molecule has 0 bridgehead atoms. The van der Waals surface area contributed by atoms with E-state index in [1.807, 2.05) is 49.3 Å². The van der Waals surface area contributed by atoms with Crippen LogP contribution in [0.2, 0.25) is 0 Å². The molecule has 1 aliphatic carbocycles. The van der Waals surface area contributed by atoms with Gasteiger partial charge < -0.3 is 15.5 Å². The first kappa shape index (κ1) is 21.3.